The second-order valence-electron chi connectivity index (χ2n) is 5.42. The molecule has 0 spiro atoms. The Morgan fingerprint density at radius 2 is 1.80 bits per heavy atom. The van der Waals surface area contributed by atoms with Gasteiger partial charge in [-0.25, -0.2) is 4.79 Å². The maximum Gasteiger partial charge on any atom is 0.349 e. The molecule has 0 aliphatic heterocycles. The zero-order valence-electron chi connectivity index (χ0n) is 13.0. The van der Waals surface area contributed by atoms with Gasteiger partial charge in [0.25, 0.3) is 5.56 Å². The summed E-state index contributed by atoms with van der Waals surface area (Å²) >= 11 is 18.9. The maximum absolute atomic E-state index is 11.9. The summed E-state index contributed by atoms with van der Waals surface area (Å²) in [7, 11) is 0. The molecule has 0 saturated carbocycles. The van der Waals surface area contributed by atoms with Gasteiger partial charge in [0.1, 0.15) is 6.20 Å². The Bertz CT molecular complexity index is 1020. The number of hydrogen-bond acceptors (Lipinski definition) is 3. The summed E-state index contributed by atoms with van der Waals surface area (Å²) < 4.78 is 1.07. The van der Waals surface area contributed by atoms with Crippen LogP contribution in [0.2, 0.25) is 10.0 Å². The molecule has 8 heteroatoms. The van der Waals surface area contributed by atoms with E-state index in [1.807, 2.05) is 19.1 Å². The molecular weight excluding hydrogens is 385 g/mol. The van der Waals surface area contributed by atoms with Gasteiger partial charge in [-0.15, -0.1) is 11.6 Å². The van der Waals surface area contributed by atoms with Gasteiger partial charge in [0.2, 0.25) is 0 Å². The van der Waals surface area contributed by atoms with Crippen LogP contribution < -0.4 is 11.2 Å². The maximum atomic E-state index is 11.9. The molecular formula is C17H12Cl3N3O2. The number of alkyl halides is 1. The molecule has 0 radical (unpaired) electrons. The van der Waals surface area contributed by atoms with Gasteiger partial charge in [0, 0.05) is 10.0 Å². The Labute approximate surface area is 157 Å². The number of aryl methyl sites for hydroxylation is 1. The zero-order chi connectivity index (χ0) is 18.1. The largest absolute Gasteiger partial charge is 0.349 e. The standard InChI is InChI=1S/C17H12Cl3N3O2/c1-9-6-12(23-17(25)22-14(24)8-21-23)7-13(19)15(9)16(20)10-2-4-11(18)5-3-10/h2-8,16H,1H3,(H,22,24,25). The Balaban J connectivity index is 2.07. The lowest BCUT2D eigenvalue weighted by molar-refractivity contribution is 0.748. The fourth-order valence-electron chi connectivity index (χ4n) is 2.52. The number of nitrogens with zero attached hydrogens (tertiary/aromatic N) is 2. The van der Waals surface area contributed by atoms with E-state index in [4.69, 9.17) is 34.8 Å². The Hall–Kier alpha value is -2.08. The smallest absolute Gasteiger partial charge is 0.271 e. The van der Waals surface area contributed by atoms with Gasteiger partial charge in [-0.2, -0.15) is 9.78 Å². The molecule has 1 unspecified atom stereocenters. The molecule has 0 aliphatic carbocycles. The van der Waals surface area contributed by atoms with Crippen molar-refractivity contribution in [3.05, 3.63) is 90.2 Å². The summed E-state index contributed by atoms with van der Waals surface area (Å²) in [6.07, 6.45) is 1.02. The molecule has 1 N–H and O–H groups in total. The summed E-state index contributed by atoms with van der Waals surface area (Å²) in [6.45, 7) is 1.84. The van der Waals surface area contributed by atoms with Crippen LogP contribution in [-0.4, -0.2) is 14.8 Å². The van der Waals surface area contributed by atoms with E-state index >= 15 is 0 Å². The molecule has 25 heavy (non-hydrogen) atoms. The topological polar surface area (TPSA) is 67.8 Å². The minimum atomic E-state index is -0.643. The zero-order valence-corrected chi connectivity index (χ0v) is 15.2. The quantitative estimate of drug-likeness (QED) is 0.684. The highest BCUT2D eigenvalue weighted by atomic mass is 35.5. The summed E-state index contributed by atoms with van der Waals surface area (Å²) in [5.74, 6) is 0. The van der Waals surface area contributed by atoms with Crippen molar-refractivity contribution in [2.75, 3.05) is 0 Å². The van der Waals surface area contributed by atoms with E-state index in [0.29, 0.717) is 15.7 Å². The third-order valence-corrected chi connectivity index (χ3v) is 4.73. The number of aromatic nitrogens is 3. The van der Waals surface area contributed by atoms with Crippen molar-refractivity contribution in [1.29, 1.82) is 0 Å². The van der Waals surface area contributed by atoms with Crippen molar-refractivity contribution in [2.24, 2.45) is 0 Å². The first-order chi connectivity index (χ1) is 11.9. The highest BCUT2D eigenvalue weighted by Crippen LogP contribution is 2.37. The molecule has 0 saturated heterocycles. The molecule has 0 aliphatic rings. The van der Waals surface area contributed by atoms with E-state index in [-0.39, 0.29) is 0 Å². The molecule has 3 aromatic rings. The normalized spacial score (nSPS) is 12.2. The Morgan fingerprint density at radius 3 is 2.40 bits per heavy atom. The van der Waals surface area contributed by atoms with Crippen molar-refractivity contribution in [3.8, 4) is 5.69 Å². The first-order valence-electron chi connectivity index (χ1n) is 7.25. The summed E-state index contributed by atoms with van der Waals surface area (Å²) in [6, 6.07) is 10.5. The van der Waals surface area contributed by atoms with Gasteiger partial charge in [-0.1, -0.05) is 35.3 Å². The lowest BCUT2D eigenvalue weighted by Gasteiger charge is -2.17. The van der Waals surface area contributed by atoms with Crippen molar-refractivity contribution in [2.45, 2.75) is 12.3 Å². The van der Waals surface area contributed by atoms with Gasteiger partial charge in [0.15, 0.2) is 0 Å². The van der Waals surface area contributed by atoms with Crippen molar-refractivity contribution < 1.29 is 0 Å². The molecule has 1 heterocycles. The molecule has 2 aromatic carbocycles. The number of nitrogens with one attached hydrogen (secondary N) is 1. The number of benzene rings is 2. The van der Waals surface area contributed by atoms with Crippen LogP contribution in [0.4, 0.5) is 0 Å². The van der Waals surface area contributed by atoms with E-state index in [0.717, 1.165) is 27.6 Å². The van der Waals surface area contributed by atoms with E-state index in [2.05, 4.69) is 10.1 Å². The second kappa shape index (κ2) is 7.04. The van der Waals surface area contributed by atoms with Crippen molar-refractivity contribution >= 4 is 34.8 Å². The number of H-pyrrole nitrogens is 1. The molecule has 3 rings (SSSR count). The first-order valence-corrected chi connectivity index (χ1v) is 8.44. The van der Waals surface area contributed by atoms with Crippen LogP contribution in [0.25, 0.3) is 5.69 Å². The number of rotatable bonds is 3. The van der Waals surface area contributed by atoms with E-state index in [1.165, 1.54) is 0 Å². The fourth-order valence-corrected chi connectivity index (χ4v) is 3.50. The first kappa shape index (κ1) is 17.7. The SMILES string of the molecule is Cc1cc(-n2ncc(=O)[nH]c2=O)cc(Cl)c1C(Cl)c1ccc(Cl)cc1. The van der Waals surface area contributed by atoms with Crippen LogP contribution in [0.1, 0.15) is 22.1 Å². The van der Waals surface area contributed by atoms with Crippen LogP contribution in [0.5, 0.6) is 0 Å². The minimum Gasteiger partial charge on any atom is -0.271 e. The molecule has 128 valence electrons. The molecule has 0 amide bonds. The van der Waals surface area contributed by atoms with E-state index < -0.39 is 16.6 Å². The minimum absolute atomic E-state index is 0.393. The third kappa shape index (κ3) is 3.63. The van der Waals surface area contributed by atoms with Gasteiger partial charge in [-0.05, 0) is 47.9 Å². The van der Waals surface area contributed by atoms with Crippen molar-refractivity contribution in [1.82, 2.24) is 14.8 Å². The summed E-state index contributed by atoms with van der Waals surface area (Å²) in [5.41, 5.74) is 1.60. The predicted octanol–water partition coefficient (Wildman–Crippen LogP) is 3.86. The van der Waals surface area contributed by atoms with Crippen LogP contribution in [0.15, 0.2) is 52.2 Å². The lowest BCUT2D eigenvalue weighted by atomic mass is 9.99. The summed E-state index contributed by atoms with van der Waals surface area (Å²) in [4.78, 5) is 25.2. The average molecular weight is 397 g/mol. The van der Waals surface area contributed by atoms with Gasteiger partial charge in [-0.3, -0.25) is 9.78 Å². The van der Waals surface area contributed by atoms with Gasteiger partial charge in [0.05, 0.1) is 11.1 Å². The second-order valence-corrected chi connectivity index (χ2v) is 6.70. The summed E-state index contributed by atoms with van der Waals surface area (Å²) in [5, 5.41) is 4.37. The number of aromatic amines is 1. The van der Waals surface area contributed by atoms with E-state index in [1.54, 1.807) is 24.3 Å². The molecule has 1 atom stereocenters. The van der Waals surface area contributed by atoms with Crippen LogP contribution >= 0.6 is 34.8 Å². The number of hydrogen-bond donors (Lipinski definition) is 1. The van der Waals surface area contributed by atoms with Crippen LogP contribution in [-0.2, 0) is 0 Å². The molecule has 0 bridgehead atoms. The highest BCUT2D eigenvalue weighted by Gasteiger charge is 2.18. The Kier molecular flexibility index (Phi) is 4.99. The monoisotopic (exact) mass is 395 g/mol. The van der Waals surface area contributed by atoms with Crippen LogP contribution in [0.3, 0.4) is 0 Å². The predicted molar refractivity (Wildman–Crippen MR) is 99.3 cm³/mol. The molecule has 0 fully saturated rings. The molecule has 1 aromatic heterocycles. The van der Waals surface area contributed by atoms with Gasteiger partial charge >= 0.3 is 5.69 Å². The van der Waals surface area contributed by atoms with Crippen molar-refractivity contribution in [3.63, 3.8) is 0 Å². The highest BCUT2D eigenvalue weighted by molar-refractivity contribution is 6.33. The van der Waals surface area contributed by atoms with Crippen LogP contribution in [0, 0.1) is 6.92 Å². The number of halogens is 3. The van der Waals surface area contributed by atoms with Gasteiger partial charge < -0.3 is 0 Å². The average Bonchev–Trinajstić information content (AvgIpc) is 2.54. The van der Waals surface area contributed by atoms with E-state index in [9.17, 15) is 9.59 Å². The lowest BCUT2D eigenvalue weighted by Crippen LogP contribution is -2.30. The Morgan fingerprint density at radius 1 is 1.12 bits per heavy atom. The fraction of sp³-hybridized carbons (Fsp3) is 0.118. The third-order valence-electron chi connectivity index (χ3n) is 3.69. The molecule has 5 nitrogen and oxygen atoms in total.